The summed E-state index contributed by atoms with van der Waals surface area (Å²) in [6, 6.07) is 12.1. The van der Waals surface area contributed by atoms with Crippen LogP contribution in [0.3, 0.4) is 0 Å². The Morgan fingerprint density at radius 1 is 1.11 bits per heavy atom. The highest BCUT2D eigenvalue weighted by atomic mass is 79.9. The molecule has 0 unspecified atom stereocenters. The number of rotatable bonds is 5. The minimum atomic E-state index is -0.231. The van der Waals surface area contributed by atoms with Gasteiger partial charge in [-0.1, -0.05) is 0 Å². The van der Waals surface area contributed by atoms with Gasteiger partial charge >= 0.3 is 0 Å². The van der Waals surface area contributed by atoms with Crippen molar-refractivity contribution in [3.63, 3.8) is 0 Å². The number of amides is 2. The Bertz CT molecular complexity index is 817. The van der Waals surface area contributed by atoms with Gasteiger partial charge in [0.05, 0.1) is 24.3 Å². The van der Waals surface area contributed by atoms with Crippen LogP contribution in [0.2, 0.25) is 0 Å². The monoisotopic (exact) mass is 432 g/mol. The van der Waals surface area contributed by atoms with Gasteiger partial charge in [0.2, 0.25) is 0 Å². The van der Waals surface area contributed by atoms with E-state index < -0.39 is 0 Å². The van der Waals surface area contributed by atoms with Gasteiger partial charge in [-0.2, -0.15) is 0 Å². The van der Waals surface area contributed by atoms with Crippen molar-refractivity contribution in [1.29, 1.82) is 0 Å². The Hall–Kier alpha value is -2.38. The predicted octanol–water partition coefficient (Wildman–Crippen LogP) is 3.57. The van der Waals surface area contributed by atoms with Crippen molar-refractivity contribution < 1.29 is 19.1 Å². The third kappa shape index (κ3) is 4.87. The van der Waals surface area contributed by atoms with Crippen molar-refractivity contribution in [3.8, 4) is 5.75 Å². The van der Waals surface area contributed by atoms with Crippen LogP contribution >= 0.6 is 15.9 Å². The first-order valence-corrected chi connectivity index (χ1v) is 9.58. The minimum absolute atomic E-state index is 0.0216. The van der Waals surface area contributed by atoms with Crippen molar-refractivity contribution in [2.45, 2.75) is 6.92 Å². The SMILES string of the molecule is CCOc1ccc(C(=O)Nc2ccc(C(=O)N3CCOCC3)cc2)cc1Br. The molecule has 142 valence electrons. The molecule has 1 aliphatic rings. The lowest BCUT2D eigenvalue weighted by Gasteiger charge is -2.26. The summed E-state index contributed by atoms with van der Waals surface area (Å²) in [6.45, 7) is 4.79. The molecule has 0 bridgehead atoms. The first kappa shape index (κ1) is 19.4. The lowest BCUT2D eigenvalue weighted by Crippen LogP contribution is -2.40. The normalized spacial score (nSPS) is 13.9. The number of anilines is 1. The van der Waals surface area contributed by atoms with Crippen LogP contribution < -0.4 is 10.1 Å². The molecule has 0 saturated carbocycles. The van der Waals surface area contributed by atoms with Gasteiger partial charge in [0.15, 0.2) is 0 Å². The van der Waals surface area contributed by atoms with Crippen LogP contribution in [0.1, 0.15) is 27.6 Å². The molecule has 0 spiro atoms. The molecule has 2 aromatic rings. The molecule has 1 heterocycles. The quantitative estimate of drug-likeness (QED) is 0.783. The van der Waals surface area contributed by atoms with E-state index in [2.05, 4.69) is 21.2 Å². The molecule has 27 heavy (non-hydrogen) atoms. The number of carbonyl (C=O) groups is 2. The summed E-state index contributed by atoms with van der Waals surface area (Å²) >= 11 is 3.41. The molecule has 6 nitrogen and oxygen atoms in total. The van der Waals surface area contributed by atoms with E-state index in [9.17, 15) is 9.59 Å². The van der Waals surface area contributed by atoms with E-state index in [4.69, 9.17) is 9.47 Å². The molecule has 1 saturated heterocycles. The number of carbonyl (C=O) groups excluding carboxylic acids is 2. The maximum atomic E-state index is 12.4. The van der Waals surface area contributed by atoms with Crippen LogP contribution in [0.4, 0.5) is 5.69 Å². The van der Waals surface area contributed by atoms with Crippen LogP contribution in [0.5, 0.6) is 5.75 Å². The second-order valence-electron chi connectivity index (χ2n) is 6.01. The third-order valence-electron chi connectivity index (χ3n) is 4.18. The van der Waals surface area contributed by atoms with E-state index in [1.807, 2.05) is 6.92 Å². The Balaban J connectivity index is 1.64. The van der Waals surface area contributed by atoms with Gasteiger partial charge in [0, 0.05) is 29.9 Å². The summed E-state index contributed by atoms with van der Waals surface area (Å²) < 4.78 is 11.4. The van der Waals surface area contributed by atoms with Gasteiger partial charge in [-0.05, 0) is 65.3 Å². The zero-order valence-electron chi connectivity index (χ0n) is 15.0. The van der Waals surface area contributed by atoms with Gasteiger partial charge in [-0.15, -0.1) is 0 Å². The molecule has 0 aromatic heterocycles. The fourth-order valence-corrected chi connectivity index (χ4v) is 3.26. The number of hydrogen-bond donors (Lipinski definition) is 1. The maximum Gasteiger partial charge on any atom is 0.255 e. The lowest BCUT2D eigenvalue weighted by molar-refractivity contribution is 0.0303. The Morgan fingerprint density at radius 3 is 2.41 bits per heavy atom. The smallest absolute Gasteiger partial charge is 0.255 e. The number of halogens is 1. The molecule has 0 radical (unpaired) electrons. The number of nitrogens with zero attached hydrogens (tertiary/aromatic N) is 1. The van der Waals surface area contributed by atoms with E-state index in [0.717, 1.165) is 4.47 Å². The van der Waals surface area contributed by atoms with Crippen LogP contribution in [-0.4, -0.2) is 49.6 Å². The summed E-state index contributed by atoms with van der Waals surface area (Å²) in [5, 5.41) is 2.84. The van der Waals surface area contributed by atoms with Crippen molar-refractivity contribution in [1.82, 2.24) is 4.90 Å². The van der Waals surface area contributed by atoms with Gasteiger partial charge in [-0.25, -0.2) is 0 Å². The van der Waals surface area contributed by atoms with E-state index >= 15 is 0 Å². The third-order valence-corrected chi connectivity index (χ3v) is 4.80. The van der Waals surface area contributed by atoms with Gasteiger partial charge in [0.1, 0.15) is 5.75 Å². The number of ether oxygens (including phenoxy) is 2. The summed E-state index contributed by atoms with van der Waals surface area (Å²) in [5.74, 6) is 0.442. The standard InChI is InChI=1S/C20H21BrN2O4/c1-2-27-18-8-5-15(13-17(18)21)19(24)22-16-6-3-14(4-7-16)20(25)23-9-11-26-12-10-23/h3-8,13H,2,9-12H2,1H3,(H,22,24). The van der Waals surface area contributed by atoms with Gasteiger partial charge in [-0.3, -0.25) is 9.59 Å². The van der Waals surface area contributed by atoms with Crippen molar-refractivity contribution in [2.75, 3.05) is 38.2 Å². The summed E-state index contributed by atoms with van der Waals surface area (Å²) in [5.41, 5.74) is 1.74. The number of nitrogens with one attached hydrogen (secondary N) is 1. The second-order valence-corrected chi connectivity index (χ2v) is 6.87. The molecule has 2 amide bonds. The molecular formula is C20H21BrN2O4. The Kier molecular flexibility index (Phi) is 6.47. The zero-order chi connectivity index (χ0) is 19.2. The number of morpholine rings is 1. The van der Waals surface area contributed by atoms with Crippen LogP contribution in [0, 0.1) is 0 Å². The average Bonchev–Trinajstić information content (AvgIpc) is 2.70. The Labute approximate surface area is 166 Å². The average molecular weight is 433 g/mol. The lowest BCUT2D eigenvalue weighted by atomic mass is 10.1. The second kappa shape index (κ2) is 9.01. The van der Waals surface area contributed by atoms with E-state index in [0.29, 0.717) is 55.5 Å². The number of benzene rings is 2. The van der Waals surface area contributed by atoms with E-state index in [1.165, 1.54) is 0 Å². The van der Waals surface area contributed by atoms with E-state index in [-0.39, 0.29) is 11.8 Å². The van der Waals surface area contributed by atoms with Crippen molar-refractivity contribution in [3.05, 3.63) is 58.1 Å². The molecule has 1 N–H and O–H groups in total. The molecule has 1 fully saturated rings. The fourth-order valence-electron chi connectivity index (χ4n) is 2.76. The maximum absolute atomic E-state index is 12.4. The summed E-state index contributed by atoms with van der Waals surface area (Å²) in [4.78, 5) is 26.7. The molecular weight excluding hydrogens is 412 g/mol. The number of hydrogen-bond acceptors (Lipinski definition) is 4. The van der Waals surface area contributed by atoms with Crippen molar-refractivity contribution >= 4 is 33.4 Å². The first-order chi connectivity index (χ1) is 13.1. The summed E-state index contributed by atoms with van der Waals surface area (Å²) in [7, 11) is 0. The Morgan fingerprint density at radius 2 is 1.78 bits per heavy atom. The predicted molar refractivity (Wildman–Crippen MR) is 106 cm³/mol. The summed E-state index contributed by atoms with van der Waals surface area (Å²) in [6.07, 6.45) is 0. The first-order valence-electron chi connectivity index (χ1n) is 8.79. The molecule has 0 aliphatic carbocycles. The highest BCUT2D eigenvalue weighted by molar-refractivity contribution is 9.10. The fraction of sp³-hybridized carbons (Fsp3) is 0.300. The van der Waals surface area contributed by atoms with Crippen LogP contribution in [-0.2, 0) is 4.74 Å². The zero-order valence-corrected chi connectivity index (χ0v) is 16.6. The van der Waals surface area contributed by atoms with Crippen molar-refractivity contribution in [2.24, 2.45) is 0 Å². The molecule has 1 aliphatic heterocycles. The molecule has 7 heteroatoms. The highest BCUT2D eigenvalue weighted by Crippen LogP contribution is 2.26. The molecule has 2 aromatic carbocycles. The minimum Gasteiger partial charge on any atom is -0.493 e. The van der Waals surface area contributed by atoms with Gasteiger partial charge in [0.25, 0.3) is 11.8 Å². The van der Waals surface area contributed by atoms with Crippen LogP contribution in [0.25, 0.3) is 0 Å². The van der Waals surface area contributed by atoms with Crippen LogP contribution in [0.15, 0.2) is 46.9 Å². The molecule has 3 rings (SSSR count). The largest absolute Gasteiger partial charge is 0.493 e. The highest BCUT2D eigenvalue weighted by Gasteiger charge is 2.18. The van der Waals surface area contributed by atoms with E-state index in [1.54, 1.807) is 47.4 Å². The molecule has 0 atom stereocenters. The topological polar surface area (TPSA) is 67.9 Å². The van der Waals surface area contributed by atoms with Gasteiger partial charge < -0.3 is 19.7 Å².